The summed E-state index contributed by atoms with van der Waals surface area (Å²) in [6.07, 6.45) is 2.41. The van der Waals surface area contributed by atoms with Crippen LogP contribution in [0.15, 0.2) is 0 Å². The second-order valence-corrected chi connectivity index (χ2v) is 6.97. The van der Waals surface area contributed by atoms with Crippen LogP contribution in [0.25, 0.3) is 0 Å². The van der Waals surface area contributed by atoms with E-state index in [-0.39, 0.29) is 5.75 Å². The third-order valence-corrected chi connectivity index (χ3v) is 5.41. The summed E-state index contributed by atoms with van der Waals surface area (Å²) >= 11 is 0. The van der Waals surface area contributed by atoms with Crippen molar-refractivity contribution in [3.63, 3.8) is 0 Å². The monoisotopic (exact) mass is 261 g/mol. The summed E-state index contributed by atoms with van der Waals surface area (Å²) in [7, 11) is -3.04. The van der Waals surface area contributed by atoms with Crippen molar-refractivity contribution in [1.82, 2.24) is 14.5 Å². The summed E-state index contributed by atoms with van der Waals surface area (Å²) in [4.78, 5) is 2.29. The predicted molar refractivity (Wildman–Crippen MR) is 68.5 cm³/mol. The summed E-state index contributed by atoms with van der Waals surface area (Å²) in [5.74, 6) is 0.246. The van der Waals surface area contributed by atoms with Gasteiger partial charge in [0.2, 0.25) is 10.0 Å². The van der Waals surface area contributed by atoms with E-state index < -0.39 is 10.0 Å². The van der Waals surface area contributed by atoms with E-state index in [1.54, 1.807) is 4.31 Å². The number of sulfonamides is 1. The second-order valence-electron chi connectivity index (χ2n) is 4.88. The molecule has 0 spiro atoms. The van der Waals surface area contributed by atoms with Crippen molar-refractivity contribution >= 4 is 10.0 Å². The minimum Gasteiger partial charge on any atom is -0.313 e. The van der Waals surface area contributed by atoms with Crippen LogP contribution in [0.1, 0.15) is 19.8 Å². The Morgan fingerprint density at radius 2 is 1.82 bits per heavy atom. The molecule has 1 saturated carbocycles. The Kier molecular flexibility index (Phi) is 4.41. The van der Waals surface area contributed by atoms with Crippen LogP contribution in [0.5, 0.6) is 0 Å². The smallest absolute Gasteiger partial charge is 0.215 e. The molecule has 0 amide bonds. The molecule has 1 saturated heterocycles. The maximum atomic E-state index is 12.0. The van der Waals surface area contributed by atoms with Crippen molar-refractivity contribution in [2.45, 2.75) is 25.8 Å². The first-order valence-electron chi connectivity index (χ1n) is 6.55. The Labute approximate surface area is 104 Å². The third kappa shape index (κ3) is 3.91. The quantitative estimate of drug-likeness (QED) is 0.714. The minimum atomic E-state index is -3.04. The lowest BCUT2D eigenvalue weighted by molar-refractivity contribution is 0.196. The maximum absolute atomic E-state index is 12.0. The van der Waals surface area contributed by atoms with Gasteiger partial charge in [-0.05, 0) is 19.4 Å². The van der Waals surface area contributed by atoms with Crippen molar-refractivity contribution < 1.29 is 8.42 Å². The molecule has 0 atom stereocenters. The van der Waals surface area contributed by atoms with Gasteiger partial charge in [0.1, 0.15) is 0 Å². The molecule has 2 fully saturated rings. The zero-order chi connectivity index (χ0) is 12.3. The van der Waals surface area contributed by atoms with Crippen LogP contribution in [0, 0.1) is 0 Å². The van der Waals surface area contributed by atoms with E-state index in [4.69, 9.17) is 0 Å². The third-order valence-electron chi connectivity index (χ3n) is 3.54. The molecule has 5 nitrogen and oxygen atoms in total. The van der Waals surface area contributed by atoms with Crippen molar-refractivity contribution in [3.8, 4) is 0 Å². The van der Waals surface area contributed by atoms with Gasteiger partial charge >= 0.3 is 0 Å². The van der Waals surface area contributed by atoms with E-state index in [0.29, 0.717) is 25.7 Å². The number of nitrogens with zero attached hydrogens (tertiary/aromatic N) is 2. The van der Waals surface area contributed by atoms with Crippen LogP contribution in [0.4, 0.5) is 0 Å². The number of hydrogen-bond acceptors (Lipinski definition) is 4. The van der Waals surface area contributed by atoms with Crippen molar-refractivity contribution in [2.75, 3.05) is 45.0 Å². The Balaban J connectivity index is 1.74. The Morgan fingerprint density at radius 1 is 1.18 bits per heavy atom. The van der Waals surface area contributed by atoms with Gasteiger partial charge in [-0.3, -0.25) is 0 Å². The summed E-state index contributed by atoms with van der Waals surface area (Å²) in [5, 5.41) is 3.26. The molecule has 2 aliphatic rings. The molecule has 17 heavy (non-hydrogen) atoms. The molecular formula is C11H23N3O2S. The highest BCUT2D eigenvalue weighted by Crippen LogP contribution is 2.18. The van der Waals surface area contributed by atoms with Crippen molar-refractivity contribution in [1.29, 1.82) is 0 Å². The molecular weight excluding hydrogens is 238 g/mol. The van der Waals surface area contributed by atoms with Crippen LogP contribution in [-0.2, 0) is 10.0 Å². The van der Waals surface area contributed by atoms with E-state index in [2.05, 4.69) is 17.1 Å². The molecule has 1 N–H and O–H groups in total. The molecule has 0 aromatic rings. The Morgan fingerprint density at radius 3 is 2.35 bits per heavy atom. The molecule has 0 unspecified atom stereocenters. The van der Waals surface area contributed by atoms with Gasteiger partial charge in [-0.15, -0.1) is 0 Å². The normalized spacial score (nSPS) is 24.1. The zero-order valence-electron chi connectivity index (χ0n) is 10.6. The van der Waals surface area contributed by atoms with Gasteiger partial charge in [0.15, 0.2) is 0 Å². The van der Waals surface area contributed by atoms with E-state index in [0.717, 1.165) is 19.6 Å². The first-order valence-corrected chi connectivity index (χ1v) is 8.16. The van der Waals surface area contributed by atoms with E-state index in [9.17, 15) is 8.42 Å². The van der Waals surface area contributed by atoms with Gasteiger partial charge in [-0.2, -0.15) is 4.31 Å². The average Bonchev–Trinajstić information content (AvgIpc) is 3.13. The van der Waals surface area contributed by atoms with Gasteiger partial charge in [-0.1, -0.05) is 6.92 Å². The number of nitrogens with one attached hydrogen (secondary N) is 1. The number of hydrogen-bond donors (Lipinski definition) is 1. The standard InChI is InChI=1S/C11H23N3O2S/c1-2-13-6-8-14(9-7-13)17(15,16)10-5-12-11-3-4-11/h11-12H,2-10H2,1H3. The number of rotatable bonds is 6. The summed E-state index contributed by atoms with van der Waals surface area (Å²) in [6, 6.07) is 0.585. The lowest BCUT2D eigenvalue weighted by atomic mass is 10.4. The van der Waals surface area contributed by atoms with Crippen LogP contribution in [0.3, 0.4) is 0 Å². The van der Waals surface area contributed by atoms with Gasteiger partial charge < -0.3 is 10.2 Å². The SMILES string of the molecule is CCN1CCN(S(=O)(=O)CCNC2CC2)CC1. The molecule has 0 radical (unpaired) electrons. The lowest BCUT2D eigenvalue weighted by Gasteiger charge is -2.33. The highest BCUT2D eigenvalue weighted by Gasteiger charge is 2.27. The van der Waals surface area contributed by atoms with Gasteiger partial charge in [0, 0.05) is 38.8 Å². The molecule has 0 bridgehead atoms. The highest BCUT2D eigenvalue weighted by molar-refractivity contribution is 7.89. The molecule has 6 heteroatoms. The van der Waals surface area contributed by atoms with Gasteiger partial charge in [0.25, 0.3) is 0 Å². The summed E-state index contributed by atoms with van der Waals surface area (Å²) in [5.41, 5.74) is 0. The summed E-state index contributed by atoms with van der Waals surface area (Å²) in [6.45, 7) is 6.76. The highest BCUT2D eigenvalue weighted by atomic mass is 32.2. The van der Waals surface area contributed by atoms with E-state index in [1.165, 1.54) is 12.8 Å². The first-order chi connectivity index (χ1) is 8.12. The fourth-order valence-corrected chi connectivity index (χ4v) is 3.49. The first kappa shape index (κ1) is 13.3. The van der Waals surface area contributed by atoms with Gasteiger partial charge in [0.05, 0.1) is 5.75 Å². The number of piperazine rings is 1. The van der Waals surface area contributed by atoms with E-state index >= 15 is 0 Å². The fraction of sp³-hybridized carbons (Fsp3) is 1.00. The molecule has 1 aliphatic carbocycles. The Hall–Kier alpha value is -0.170. The van der Waals surface area contributed by atoms with Crippen molar-refractivity contribution in [2.24, 2.45) is 0 Å². The molecule has 0 aromatic heterocycles. The zero-order valence-corrected chi connectivity index (χ0v) is 11.4. The number of likely N-dealkylation sites (N-methyl/N-ethyl adjacent to an activating group) is 1. The minimum absolute atomic E-state index is 0.246. The van der Waals surface area contributed by atoms with Gasteiger partial charge in [-0.25, -0.2) is 8.42 Å². The lowest BCUT2D eigenvalue weighted by Crippen LogP contribution is -2.49. The van der Waals surface area contributed by atoms with Crippen molar-refractivity contribution in [3.05, 3.63) is 0 Å². The second kappa shape index (κ2) is 5.65. The van der Waals surface area contributed by atoms with Crippen LogP contribution >= 0.6 is 0 Å². The molecule has 2 rings (SSSR count). The van der Waals surface area contributed by atoms with E-state index in [1.807, 2.05) is 0 Å². The topological polar surface area (TPSA) is 52.7 Å². The largest absolute Gasteiger partial charge is 0.313 e. The Bertz CT molecular complexity index is 333. The van der Waals surface area contributed by atoms with Crippen LogP contribution in [0.2, 0.25) is 0 Å². The van der Waals surface area contributed by atoms with Crippen LogP contribution in [-0.4, -0.2) is 68.7 Å². The summed E-state index contributed by atoms with van der Waals surface area (Å²) < 4.78 is 25.7. The van der Waals surface area contributed by atoms with Crippen LogP contribution < -0.4 is 5.32 Å². The molecule has 0 aromatic carbocycles. The maximum Gasteiger partial charge on any atom is 0.215 e. The average molecular weight is 261 g/mol. The molecule has 1 aliphatic heterocycles. The molecule has 1 heterocycles. The predicted octanol–water partition coefficient (Wildman–Crippen LogP) is -0.294. The molecule has 100 valence electrons. The fourth-order valence-electron chi connectivity index (χ4n) is 2.13.